The molecular formula is C12H20O9S. The Labute approximate surface area is 131 Å². The smallest absolute Gasteiger partial charge is 0.313 e. The Hall–Kier alpha value is -1.81. The molecule has 9 nitrogen and oxygen atoms in total. The summed E-state index contributed by atoms with van der Waals surface area (Å²) in [5, 5.41) is 32.5. The molecule has 0 spiro atoms. The SMILES string of the molecule is O=C(O)CCCOCCCC(=O)O.O=C(O)CSCC(=O)O. The minimum atomic E-state index is -0.985. The maximum atomic E-state index is 10.0. The van der Waals surface area contributed by atoms with Gasteiger partial charge in [0.25, 0.3) is 0 Å². The van der Waals surface area contributed by atoms with E-state index >= 15 is 0 Å². The molecule has 4 N–H and O–H groups in total. The highest BCUT2D eigenvalue weighted by atomic mass is 32.2. The van der Waals surface area contributed by atoms with Crippen LogP contribution >= 0.6 is 11.8 Å². The van der Waals surface area contributed by atoms with Gasteiger partial charge in [-0.1, -0.05) is 0 Å². The van der Waals surface area contributed by atoms with Crippen LogP contribution in [0.25, 0.3) is 0 Å². The van der Waals surface area contributed by atoms with Crippen LogP contribution in [-0.2, 0) is 23.9 Å². The summed E-state index contributed by atoms with van der Waals surface area (Å²) in [5.41, 5.74) is 0. The van der Waals surface area contributed by atoms with Gasteiger partial charge in [0.1, 0.15) is 0 Å². The lowest BCUT2D eigenvalue weighted by Crippen LogP contribution is -2.03. The molecule has 0 saturated heterocycles. The number of carboxylic acids is 4. The largest absolute Gasteiger partial charge is 0.481 e. The van der Waals surface area contributed by atoms with Crippen LogP contribution in [0.5, 0.6) is 0 Å². The number of hydrogen-bond acceptors (Lipinski definition) is 6. The van der Waals surface area contributed by atoms with Crippen molar-refractivity contribution in [2.24, 2.45) is 0 Å². The van der Waals surface area contributed by atoms with Gasteiger partial charge in [0, 0.05) is 26.1 Å². The quantitative estimate of drug-likeness (QED) is 0.371. The average Bonchev–Trinajstić information content (AvgIpc) is 2.36. The van der Waals surface area contributed by atoms with Gasteiger partial charge in [-0.05, 0) is 12.8 Å². The topological polar surface area (TPSA) is 158 Å². The lowest BCUT2D eigenvalue weighted by molar-refractivity contribution is -0.138. The molecule has 0 unspecified atom stereocenters. The predicted octanol–water partition coefficient (Wildman–Crippen LogP) is 0.621. The van der Waals surface area contributed by atoms with Gasteiger partial charge >= 0.3 is 23.9 Å². The molecule has 0 rings (SSSR count). The van der Waals surface area contributed by atoms with E-state index in [1.54, 1.807) is 0 Å². The summed E-state index contributed by atoms with van der Waals surface area (Å²) >= 11 is 0.870. The zero-order valence-electron chi connectivity index (χ0n) is 11.9. The first-order valence-corrected chi connectivity index (χ1v) is 7.43. The van der Waals surface area contributed by atoms with Crippen molar-refractivity contribution < 1.29 is 44.3 Å². The second kappa shape index (κ2) is 15.6. The van der Waals surface area contributed by atoms with Crippen molar-refractivity contribution in [2.45, 2.75) is 25.7 Å². The van der Waals surface area contributed by atoms with E-state index in [0.29, 0.717) is 26.1 Å². The van der Waals surface area contributed by atoms with Crippen molar-refractivity contribution in [1.29, 1.82) is 0 Å². The van der Waals surface area contributed by atoms with Gasteiger partial charge in [0.05, 0.1) is 11.5 Å². The molecule has 0 aromatic heterocycles. The summed E-state index contributed by atoms with van der Waals surface area (Å²) in [6, 6.07) is 0. The second-order valence-electron chi connectivity index (χ2n) is 3.89. The predicted molar refractivity (Wildman–Crippen MR) is 77.2 cm³/mol. The van der Waals surface area contributed by atoms with Crippen molar-refractivity contribution in [3.05, 3.63) is 0 Å². The van der Waals surface area contributed by atoms with Crippen LogP contribution in [-0.4, -0.2) is 69.0 Å². The second-order valence-corrected chi connectivity index (χ2v) is 4.87. The molecule has 0 aliphatic rings. The van der Waals surface area contributed by atoms with Crippen LogP contribution in [0.4, 0.5) is 0 Å². The van der Waals surface area contributed by atoms with Gasteiger partial charge < -0.3 is 25.2 Å². The van der Waals surface area contributed by atoms with Gasteiger partial charge in [0.15, 0.2) is 0 Å². The van der Waals surface area contributed by atoms with Crippen molar-refractivity contribution in [2.75, 3.05) is 24.7 Å². The highest BCUT2D eigenvalue weighted by Crippen LogP contribution is 1.97. The molecule has 0 aromatic carbocycles. The molecule has 0 amide bonds. The first-order valence-electron chi connectivity index (χ1n) is 6.28. The Kier molecular flexibility index (Phi) is 15.9. The third-order valence-corrected chi connectivity index (χ3v) is 2.71. The van der Waals surface area contributed by atoms with E-state index < -0.39 is 23.9 Å². The van der Waals surface area contributed by atoms with E-state index in [1.807, 2.05) is 0 Å². The first kappa shape index (κ1) is 22.5. The van der Waals surface area contributed by atoms with Gasteiger partial charge in [-0.3, -0.25) is 19.2 Å². The van der Waals surface area contributed by atoms with Crippen LogP contribution in [0, 0.1) is 0 Å². The maximum absolute atomic E-state index is 10.0. The molecule has 22 heavy (non-hydrogen) atoms. The van der Waals surface area contributed by atoms with E-state index in [4.69, 9.17) is 25.2 Å². The molecule has 10 heteroatoms. The van der Waals surface area contributed by atoms with Crippen LogP contribution in [0.3, 0.4) is 0 Å². The molecule has 0 heterocycles. The zero-order valence-corrected chi connectivity index (χ0v) is 12.7. The van der Waals surface area contributed by atoms with E-state index in [0.717, 1.165) is 11.8 Å². The monoisotopic (exact) mass is 340 g/mol. The van der Waals surface area contributed by atoms with Crippen molar-refractivity contribution in [3.63, 3.8) is 0 Å². The lowest BCUT2D eigenvalue weighted by atomic mass is 10.3. The molecular weight excluding hydrogens is 320 g/mol. The zero-order chi connectivity index (χ0) is 17.4. The summed E-state index contributed by atoms with van der Waals surface area (Å²) in [6.07, 6.45) is 1.14. The molecule has 128 valence electrons. The highest BCUT2D eigenvalue weighted by Gasteiger charge is 2.00. The van der Waals surface area contributed by atoms with Gasteiger partial charge in [0.2, 0.25) is 0 Å². The number of carboxylic acid groups (broad SMARTS) is 4. The minimum absolute atomic E-state index is 0.0962. The van der Waals surface area contributed by atoms with Crippen LogP contribution in [0.15, 0.2) is 0 Å². The molecule has 0 bridgehead atoms. The number of hydrogen-bond donors (Lipinski definition) is 4. The van der Waals surface area contributed by atoms with Crippen molar-refractivity contribution >= 4 is 35.6 Å². The molecule has 0 aliphatic carbocycles. The van der Waals surface area contributed by atoms with E-state index in [-0.39, 0.29) is 24.3 Å². The van der Waals surface area contributed by atoms with Crippen molar-refractivity contribution in [1.82, 2.24) is 0 Å². The fourth-order valence-electron chi connectivity index (χ4n) is 0.979. The van der Waals surface area contributed by atoms with Crippen LogP contribution < -0.4 is 0 Å². The summed E-state index contributed by atoms with van der Waals surface area (Å²) in [5.74, 6) is -3.94. The fourth-order valence-corrected chi connectivity index (χ4v) is 1.43. The number of ether oxygens (including phenoxy) is 1. The minimum Gasteiger partial charge on any atom is -0.481 e. The third-order valence-electron chi connectivity index (χ3n) is 1.81. The third kappa shape index (κ3) is 26.7. The van der Waals surface area contributed by atoms with Crippen LogP contribution in [0.2, 0.25) is 0 Å². The van der Waals surface area contributed by atoms with Gasteiger partial charge in [-0.25, -0.2) is 0 Å². The first-order chi connectivity index (χ1) is 10.3. The lowest BCUT2D eigenvalue weighted by Gasteiger charge is -2.00. The summed E-state index contributed by atoms with van der Waals surface area (Å²) in [6.45, 7) is 0.762. The number of carbonyl (C=O) groups is 4. The number of thioether (sulfide) groups is 1. The number of rotatable bonds is 12. The summed E-state index contributed by atoms with van der Waals surface area (Å²) in [4.78, 5) is 39.6. The normalized spacial score (nSPS) is 9.45. The number of aliphatic carboxylic acids is 4. The van der Waals surface area contributed by atoms with Crippen LogP contribution in [0.1, 0.15) is 25.7 Å². The standard InChI is InChI=1S/C8H14O5.C4H6O4S/c9-7(10)3-1-5-13-6-2-4-8(11)12;5-3(6)1-9-2-4(7)8/h1-6H2,(H,9,10)(H,11,12);1-2H2,(H,5,6)(H,7,8). The average molecular weight is 340 g/mol. The molecule has 0 aliphatic heterocycles. The molecule has 0 atom stereocenters. The molecule has 0 fully saturated rings. The van der Waals surface area contributed by atoms with E-state index in [9.17, 15) is 19.2 Å². The Balaban J connectivity index is 0. The highest BCUT2D eigenvalue weighted by molar-refractivity contribution is 8.00. The van der Waals surface area contributed by atoms with Gasteiger partial charge in [-0.15, -0.1) is 11.8 Å². The summed E-state index contributed by atoms with van der Waals surface area (Å²) < 4.78 is 5.01. The Morgan fingerprint density at radius 2 is 1.05 bits per heavy atom. The molecule has 0 saturated carbocycles. The maximum Gasteiger partial charge on any atom is 0.313 e. The van der Waals surface area contributed by atoms with Crippen molar-refractivity contribution in [3.8, 4) is 0 Å². The molecule has 0 radical (unpaired) electrons. The van der Waals surface area contributed by atoms with E-state index in [1.165, 1.54) is 0 Å². The van der Waals surface area contributed by atoms with Gasteiger partial charge in [-0.2, -0.15) is 0 Å². The fraction of sp³-hybridized carbons (Fsp3) is 0.667. The Morgan fingerprint density at radius 3 is 1.32 bits per heavy atom. The Morgan fingerprint density at radius 1 is 0.682 bits per heavy atom. The Bertz CT molecular complexity index is 325. The molecule has 0 aromatic rings. The van der Waals surface area contributed by atoms with E-state index in [2.05, 4.69) is 0 Å². The summed E-state index contributed by atoms with van der Waals surface area (Å²) in [7, 11) is 0.